The van der Waals surface area contributed by atoms with Gasteiger partial charge in [0, 0.05) is 10.8 Å². The van der Waals surface area contributed by atoms with E-state index in [9.17, 15) is 6.85 Å². The quantitative estimate of drug-likeness (QED) is 0.153. The van der Waals surface area contributed by atoms with Gasteiger partial charge in [0.05, 0.1) is 15.1 Å². The van der Waals surface area contributed by atoms with E-state index in [4.69, 9.17) is 12.6 Å². The second-order valence-electron chi connectivity index (χ2n) is 10.8. The second-order valence-corrected chi connectivity index (χ2v) is 10.8. The molecule has 0 fully saturated rings. The Bertz CT molecular complexity index is 3250. The van der Waals surface area contributed by atoms with E-state index in [1.54, 1.807) is 24.3 Å². The number of hydrogen-bond donors (Lipinski definition) is 0. The maximum atomic E-state index is 9.46. The maximum absolute atomic E-state index is 9.46. The van der Waals surface area contributed by atoms with Crippen molar-refractivity contribution in [1.82, 2.24) is 0 Å². The van der Waals surface area contributed by atoms with Crippen molar-refractivity contribution in [2.45, 2.75) is 0 Å². The van der Waals surface area contributed by atoms with Crippen LogP contribution in [0.15, 0.2) is 150 Å². The van der Waals surface area contributed by atoms with Crippen molar-refractivity contribution in [2.24, 2.45) is 0 Å². The summed E-state index contributed by atoms with van der Waals surface area (Å²) in [5, 5.41) is 6.12. The number of hydrogen-bond acceptors (Lipinski definition) is 1. The molecule has 0 saturated carbocycles. The minimum Gasteiger partial charge on any atom is -0.456 e. The molecule has 0 radical (unpaired) electrons. The van der Waals surface area contributed by atoms with E-state index in [2.05, 4.69) is 0 Å². The van der Waals surface area contributed by atoms with E-state index >= 15 is 0 Å². The third kappa shape index (κ3) is 3.06. The van der Waals surface area contributed by atoms with E-state index in [1.165, 1.54) is 0 Å². The zero-order valence-electron chi connectivity index (χ0n) is 33.4. The van der Waals surface area contributed by atoms with Crippen molar-refractivity contribution in [3.05, 3.63) is 145 Å². The van der Waals surface area contributed by atoms with Crippen molar-refractivity contribution in [2.75, 3.05) is 0 Å². The van der Waals surface area contributed by atoms with Gasteiger partial charge in [0.2, 0.25) is 0 Å². The Labute approximate surface area is 263 Å². The molecule has 0 aliphatic heterocycles. The molecule has 0 aliphatic rings. The molecular formula is C42H24O. The SMILES string of the molecule is [2H]c1c([2H])c(-c2c3c([2H])c([2H])c([2H])c([2H])c3c(-c3ccc4ccc5cccc6ccc3c4c56)c3c([2H])c([2H])c([2H])c([2H])c23)c2c(oc3ccccc32)c1[2H]. The van der Waals surface area contributed by atoms with E-state index in [1.807, 2.05) is 54.6 Å². The van der Waals surface area contributed by atoms with Gasteiger partial charge in [0.15, 0.2) is 0 Å². The predicted molar refractivity (Wildman–Crippen MR) is 183 cm³/mol. The van der Waals surface area contributed by atoms with E-state index in [0.29, 0.717) is 16.5 Å². The van der Waals surface area contributed by atoms with Crippen molar-refractivity contribution in [3.8, 4) is 22.3 Å². The van der Waals surface area contributed by atoms with Crippen molar-refractivity contribution in [3.63, 3.8) is 0 Å². The Morgan fingerprint density at radius 1 is 0.372 bits per heavy atom. The highest BCUT2D eigenvalue weighted by molar-refractivity contribution is 6.30. The number of furan rings is 1. The highest BCUT2D eigenvalue weighted by atomic mass is 16.3. The standard InChI is InChI=1S/C42H24O/c1-3-13-30-28(11-1)40(33-24-22-27-20-19-25-9-7-10-26-21-23-32(33)39(27)38(25)26)29-12-2-4-14-31(29)41(30)35-16-8-18-37-42(35)34-15-5-6-17-36(34)43-37/h1-24H/i1D,2D,3D,4D,8D,11D,12D,13D,14D,16D,18D. The zero-order chi connectivity index (χ0) is 37.6. The molecule has 10 rings (SSSR count). The molecule has 9 aromatic carbocycles. The first-order chi connectivity index (χ1) is 25.9. The van der Waals surface area contributed by atoms with Gasteiger partial charge in [0.25, 0.3) is 0 Å². The molecule has 0 N–H and O–H groups in total. The smallest absolute Gasteiger partial charge is 0.136 e. The molecule has 0 saturated heterocycles. The lowest BCUT2D eigenvalue weighted by molar-refractivity contribution is 0.669. The molecule has 1 nitrogen and oxygen atoms in total. The summed E-state index contributed by atoms with van der Waals surface area (Å²) >= 11 is 0. The number of benzene rings is 9. The first-order valence-corrected chi connectivity index (χ1v) is 14.0. The van der Waals surface area contributed by atoms with E-state index in [0.717, 1.165) is 32.3 Å². The van der Waals surface area contributed by atoms with Gasteiger partial charge in [-0.3, -0.25) is 0 Å². The average Bonchev–Trinajstić information content (AvgIpc) is 3.57. The lowest BCUT2D eigenvalue weighted by Gasteiger charge is -2.20. The molecule has 0 aliphatic carbocycles. The monoisotopic (exact) mass is 555 g/mol. The van der Waals surface area contributed by atoms with Crippen molar-refractivity contribution >= 4 is 75.8 Å². The topological polar surface area (TPSA) is 13.1 Å². The summed E-state index contributed by atoms with van der Waals surface area (Å²) in [4.78, 5) is 0. The summed E-state index contributed by atoms with van der Waals surface area (Å²) < 4.78 is 106. The summed E-state index contributed by atoms with van der Waals surface area (Å²) in [5.74, 6) is 0. The summed E-state index contributed by atoms with van der Waals surface area (Å²) in [5.41, 5.74) is 0.952. The van der Waals surface area contributed by atoms with Crippen LogP contribution < -0.4 is 0 Å². The van der Waals surface area contributed by atoms with Crippen LogP contribution in [0.25, 0.3) is 98.1 Å². The zero-order valence-corrected chi connectivity index (χ0v) is 22.4. The molecule has 43 heavy (non-hydrogen) atoms. The fourth-order valence-corrected chi connectivity index (χ4v) is 6.88. The highest BCUT2D eigenvalue weighted by Gasteiger charge is 2.21. The fourth-order valence-electron chi connectivity index (χ4n) is 6.88. The van der Waals surface area contributed by atoms with Crippen LogP contribution in [0.4, 0.5) is 0 Å². The summed E-state index contributed by atoms with van der Waals surface area (Å²) in [6, 6.07) is 19.3. The number of para-hydroxylation sites is 1. The van der Waals surface area contributed by atoms with Crippen LogP contribution in [0.2, 0.25) is 0 Å². The minimum absolute atomic E-state index is 0.00500. The first kappa shape index (κ1) is 15.0. The van der Waals surface area contributed by atoms with Gasteiger partial charge >= 0.3 is 0 Å². The molecule has 0 unspecified atom stereocenters. The number of fused-ring (bicyclic) bond motifs is 5. The predicted octanol–water partition coefficient (Wildman–Crippen LogP) is 12.1. The van der Waals surface area contributed by atoms with Gasteiger partial charge in [-0.05, 0) is 88.2 Å². The van der Waals surface area contributed by atoms with Gasteiger partial charge in [-0.1, -0.05) is 133 Å². The van der Waals surface area contributed by atoms with Crippen molar-refractivity contribution < 1.29 is 19.5 Å². The van der Waals surface area contributed by atoms with Crippen LogP contribution in [0.1, 0.15) is 15.1 Å². The van der Waals surface area contributed by atoms with E-state index < -0.39 is 60.4 Å². The molecule has 0 atom stereocenters. The molecule has 1 aromatic heterocycles. The van der Waals surface area contributed by atoms with Gasteiger partial charge in [-0.15, -0.1) is 0 Å². The minimum atomic E-state index is -0.571. The molecule has 0 bridgehead atoms. The lowest BCUT2D eigenvalue weighted by Crippen LogP contribution is -1.93. The van der Waals surface area contributed by atoms with Gasteiger partial charge in [-0.25, -0.2) is 0 Å². The van der Waals surface area contributed by atoms with Gasteiger partial charge in [-0.2, -0.15) is 0 Å². The summed E-state index contributed by atoms with van der Waals surface area (Å²) in [6.07, 6.45) is 0. The first-order valence-electron chi connectivity index (χ1n) is 19.5. The van der Waals surface area contributed by atoms with Crippen LogP contribution >= 0.6 is 0 Å². The van der Waals surface area contributed by atoms with Crippen LogP contribution in [-0.2, 0) is 0 Å². The van der Waals surface area contributed by atoms with Gasteiger partial charge < -0.3 is 4.42 Å². The van der Waals surface area contributed by atoms with Crippen molar-refractivity contribution in [1.29, 1.82) is 0 Å². The average molecular weight is 556 g/mol. The Hall–Kier alpha value is -5.66. The third-order valence-corrected chi connectivity index (χ3v) is 8.63. The second kappa shape index (κ2) is 8.44. The molecule has 1 heterocycles. The Kier molecular flexibility index (Phi) is 2.94. The maximum Gasteiger partial charge on any atom is 0.136 e. The Morgan fingerprint density at radius 2 is 0.977 bits per heavy atom. The third-order valence-electron chi connectivity index (χ3n) is 8.63. The molecule has 198 valence electrons. The molecule has 0 spiro atoms. The Morgan fingerprint density at radius 3 is 1.70 bits per heavy atom. The summed E-state index contributed by atoms with van der Waals surface area (Å²) in [7, 11) is 0. The normalized spacial score (nSPS) is 15.8. The fraction of sp³-hybridized carbons (Fsp3) is 0. The number of rotatable bonds is 2. The molecular weight excluding hydrogens is 520 g/mol. The van der Waals surface area contributed by atoms with E-state index in [-0.39, 0.29) is 55.2 Å². The van der Waals surface area contributed by atoms with Crippen LogP contribution in [0.3, 0.4) is 0 Å². The highest BCUT2D eigenvalue weighted by Crippen LogP contribution is 2.49. The Balaban J connectivity index is 1.55. The van der Waals surface area contributed by atoms with Crippen LogP contribution in [0.5, 0.6) is 0 Å². The molecule has 10 aromatic rings. The molecule has 1 heteroatoms. The molecule has 0 amide bonds. The summed E-state index contributed by atoms with van der Waals surface area (Å²) in [6.45, 7) is 0. The van der Waals surface area contributed by atoms with Crippen LogP contribution in [-0.4, -0.2) is 0 Å². The van der Waals surface area contributed by atoms with Crippen LogP contribution in [0, 0.1) is 0 Å². The largest absolute Gasteiger partial charge is 0.456 e. The van der Waals surface area contributed by atoms with Gasteiger partial charge in [0.1, 0.15) is 11.2 Å². The lowest BCUT2D eigenvalue weighted by atomic mass is 9.83.